The molecule has 1 saturated heterocycles. The minimum atomic E-state index is -4.52. The molecule has 3 rings (SSSR count). The summed E-state index contributed by atoms with van der Waals surface area (Å²) in [6.07, 6.45) is -2.30. The highest BCUT2D eigenvalue weighted by Crippen LogP contribution is 2.25. The Morgan fingerprint density at radius 2 is 1.91 bits per heavy atom. The Morgan fingerprint density at radius 1 is 1.17 bits per heavy atom. The molecule has 126 valence electrons. The van der Waals surface area contributed by atoms with Crippen molar-refractivity contribution in [3.63, 3.8) is 0 Å². The van der Waals surface area contributed by atoms with Crippen molar-refractivity contribution in [2.75, 3.05) is 13.1 Å². The molecule has 1 aromatic carbocycles. The number of piperidine rings is 1. The molecule has 1 aliphatic heterocycles. The lowest BCUT2D eigenvalue weighted by Gasteiger charge is -2.32. The van der Waals surface area contributed by atoms with Crippen molar-refractivity contribution in [2.45, 2.75) is 45.3 Å². The molecule has 1 aromatic heterocycles. The van der Waals surface area contributed by atoms with Gasteiger partial charge in [0, 0.05) is 37.9 Å². The molecule has 23 heavy (non-hydrogen) atoms. The second-order valence-electron chi connectivity index (χ2n) is 6.03. The van der Waals surface area contributed by atoms with Crippen molar-refractivity contribution < 1.29 is 17.9 Å². The first-order valence-electron chi connectivity index (χ1n) is 7.99. The van der Waals surface area contributed by atoms with Gasteiger partial charge in [-0.2, -0.15) is 0 Å². The van der Waals surface area contributed by atoms with E-state index >= 15 is 0 Å². The monoisotopic (exact) mass is 326 g/mol. The maximum absolute atomic E-state index is 12.2. The van der Waals surface area contributed by atoms with E-state index in [0.717, 1.165) is 13.1 Å². The van der Waals surface area contributed by atoms with Crippen molar-refractivity contribution in [3.05, 3.63) is 36.0 Å². The molecular formula is C17H21F3N2O. The molecule has 1 aliphatic rings. The van der Waals surface area contributed by atoms with Crippen molar-refractivity contribution in [1.82, 2.24) is 9.47 Å². The highest BCUT2D eigenvalue weighted by Gasteiger charge is 2.34. The predicted molar refractivity (Wildman–Crippen MR) is 83.1 cm³/mol. The molecule has 1 fully saturated rings. The van der Waals surface area contributed by atoms with Gasteiger partial charge in [0.05, 0.1) is 6.10 Å². The van der Waals surface area contributed by atoms with E-state index in [4.69, 9.17) is 0 Å². The zero-order chi connectivity index (χ0) is 16.4. The first-order chi connectivity index (χ1) is 10.9. The third kappa shape index (κ3) is 4.06. The molecule has 0 N–H and O–H groups in total. The summed E-state index contributed by atoms with van der Waals surface area (Å²) >= 11 is 0. The Balaban J connectivity index is 1.58. The Labute approximate surface area is 133 Å². The number of ether oxygens (including phenoxy) is 1. The third-order valence-electron chi connectivity index (χ3n) is 4.42. The van der Waals surface area contributed by atoms with Crippen LogP contribution < -0.4 is 0 Å². The average Bonchev–Trinajstić information content (AvgIpc) is 2.90. The summed E-state index contributed by atoms with van der Waals surface area (Å²) in [5.74, 6) is 0. The molecule has 0 atom stereocenters. The fraction of sp³-hybridized carbons (Fsp3) is 0.529. The standard InChI is InChI=1S/C17H21F3N2O/c1-2-22-10-5-14-11-13(3-4-16(14)22)12-21-8-6-15(7-9-21)23-17(18,19)20/h3-5,10-11,15H,2,6-9,12H2,1H3. The smallest absolute Gasteiger partial charge is 0.348 e. The van der Waals surface area contributed by atoms with E-state index in [0.29, 0.717) is 25.9 Å². The van der Waals surface area contributed by atoms with Crippen LogP contribution in [0.4, 0.5) is 13.2 Å². The quantitative estimate of drug-likeness (QED) is 0.839. The van der Waals surface area contributed by atoms with Crippen LogP contribution in [-0.4, -0.2) is 35.0 Å². The van der Waals surface area contributed by atoms with Gasteiger partial charge in [-0.1, -0.05) is 6.07 Å². The molecule has 0 saturated carbocycles. The molecule has 2 aromatic rings. The molecule has 0 amide bonds. The van der Waals surface area contributed by atoms with E-state index in [2.05, 4.69) is 51.6 Å². The van der Waals surface area contributed by atoms with Crippen LogP contribution in [0.25, 0.3) is 10.9 Å². The Morgan fingerprint density at radius 3 is 2.57 bits per heavy atom. The van der Waals surface area contributed by atoms with Crippen LogP contribution in [0.2, 0.25) is 0 Å². The van der Waals surface area contributed by atoms with E-state index in [9.17, 15) is 13.2 Å². The van der Waals surface area contributed by atoms with E-state index in [1.807, 2.05) is 0 Å². The molecule has 0 aliphatic carbocycles. The first-order valence-corrected chi connectivity index (χ1v) is 7.99. The summed E-state index contributed by atoms with van der Waals surface area (Å²) in [6, 6.07) is 8.49. The van der Waals surface area contributed by atoms with Crippen molar-refractivity contribution in [2.24, 2.45) is 0 Å². The van der Waals surface area contributed by atoms with Crippen molar-refractivity contribution in [1.29, 1.82) is 0 Å². The Kier molecular flexibility index (Phi) is 4.64. The van der Waals surface area contributed by atoms with Gasteiger partial charge >= 0.3 is 6.36 Å². The third-order valence-corrected chi connectivity index (χ3v) is 4.42. The van der Waals surface area contributed by atoms with E-state index in [1.54, 1.807) is 0 Å². The zero-order valence-corrected chi connectivity index (χ0v) is 13.1. The molecule has 6 heteroatoms. The summed E-state index contributed by atoms with van der Waals surface area (Å²) in [5.41, 5.74) is 2.41. The summed E-state index contributed by atoms with van der Waals surface area (Å²) in [5, 5.41) is 1.21. The second kappa shape index (κ2) is 6.53. The van der Waals surface area contributed by atoms with Gasteiger partial charge < -0.3 is 4.57 Å². The predicted octanol–water partition coefficient (Wildman–Crippen LogP) is 4.16. The van der Waals surface area contributed by atoms with E-state index in [-0.39, 0.29) is 0 Å². The summed E-state index contributed by atoms with van der Waals surface area (Å²) in [7, 11) is 0. The van der Waals surface area contributed by atoms with Gasteiger partial charge in [0.25, 0.3) is 0 Å². The maximum atomic E-state index is 12.2. The second-order valence-corrected chi connectivity index (χ2v) is 6.03. The lowest BCUT2D eigenvalue weighted by atomic mass is 10.1. The van der Waals surface area contributed by atoms with Crippen LogP contribution in [0.5, 0.6) is 0 Å². The van der Waals surface area contributed by atoms with Gasteiger partial charge in [0.2, 0.25) is 0 Å². The molecule has 0 unspecified atom stereocenters. The van der Waals surface area contributed by atoms with Crippen LogP contribution >= 0.6 is 0 Å². The molecule has 0 spiro atoms. The van der Waals surface area contributed by atoms with Gasteiger partial charge in [0.15, 0.2) is 0 Å². The van der Waals surface area contributed by atoms with Gasteiger partial charge in [-0.15, -0.1) is 13.2 Å². The van der Waals surface area contributed by atoms with Crippen LogP contribution in [0.15, 0.2) is 30.5 Å². The highest BCUT2D eigenvalue weighted by molar-refractivity contribution is 5.80. The topological polar surface area (TPSA) is 17.4 Å². The number of nitrogens with zero attached hydrogens (tertiary/aromatic N) is 2. The number of halogens is 3. The number of fused-ring (bicyclic) bond motifs is 1. The molecule has 2 heterocycles. The van der Waals surface area contributed by atoms with Gasteiger partial charge in [-0.3, -0.25) is 9.64 Å². The summed E-state index contributed by atoms with van der Waals surface area (Å²) in [4.78, 5) is 2.19. The van der Waals surface area contributed by atoms with Crippen molar-refractivity contribution in [3.8, 4) is 0 Å². The summed E-state index contributed by atoms with van der Waals surface area (Å²) < 4.78 is 43.0. The minimum Gasteiger partial charge on any atom is -0.348 e. The average molecular weight is 326 g/mol. The Hall–Kier alpha value is -1.53. The summed E-state index contributed by atoms with van der Waals surface area (Å²) in [6.45, 7) is 5.09. The number of rotatable bonds is 4. The number of aromatic nitrogens is 1. The van der Waals surface area contributed by atoms with Gasteiger partial charge in [-0.05, 0) is 48.9 Å². The number of alkyl halides is 3. The SMILES string of the molecule is CCn1ccc2cc(CN3CCC(OC(F)(F)F)CC3)ccc21. The van der Waals surface area contributed by atoms with Gasteiger partial charge in [-0.25, -0.2) is 0 Å². The van der Waals surface area contributed by atoms with Crippen molar-refractivity contribution >= 4 is 10.9 Å². The lowest BCUT2D eigenvalue weighted by Crippen LogP contribution is -2.38. The number of benzene rings is 1. The number of likely N-dealkylation sites (tertiary alicyclic amines) is 1. The van der Waals surface area contributed by atoms with Crippen LogP contribution in [0.3, 0.4) is 0 Å². The van der Waals surface area contributed by atoms with Crippen LogP contribution in [0.1, 0.15) is 25.3 Å². The molecule has 0 radical (unpaired) electrons. The lowest BCUT2D eigenvalue weighted by molar-refractivity contribution is -0.345. The zero-order valence-electron chi connectivity index (χ0n) is 13.1. The highest BCUT2D eigenvalue weighted by atomic mass is 19.4. The Bertz CT molecular complexity index is 657. The molecular weight excluding hydrogens is 305 g/mol. The van der Waals surface area contributed by atoms with Crippen LogP contribution in [0, 0.1) is 0 Å². The fourth-order valence-electron chi connectivity index (χ4n) is 3.26. The van der Waals surface area contributed by atoms with E-state index in [1.165, 1.54) is 16.5 Å². The minimum absolute atomic E-state index is 0.425. The molecule has 3 nitrogen and oxygen atoms in total. The maximum Gasteiger partial charge on any atom is 0.522 e. The number of hydrogen-bond acceptors (Lipinski definition) is 2. The van der Waals surface area contributed by atoms with Gasteiger partial charge in [0.1, 0.15) is 0 Å². The fourth-order valence-corrected chi connectivity index (χ4v) is 3.26. The molecule has 0 bridgehead atoms. The van der Waals surface area contributed by atoms with E-state index < -0.39 is 12.5 Å². The largest absolute Gasteiger partial charge is 0.522 e. The first kappa shape index (κ1) is 16.3. The number of aryl methyl sites for hydroxylation is 1. The number of hydrogen-bond donors (Lipinski definition) is 0. The normalized spacial score (nSPS) is 17.9. The van der Waals surface area contributed by atoms with Crippen LogP contribution in [-0.2, 0) is 17.8 Å².